The van der Waals surface area contributed by atoms with Crippen LogP contribution in [0, 0.1) is 0 Å². The molecule has 2 heterocycles. The number of amides is 1. The summed E-state index contributed by atoms with van der Waals surface area (Å²) in [6, 6.07) is 6.33. The van der Waals surface area contributed by atoms with Gasteiger partial charge in [0.25, 0.3) is 0 Å². The number of nitrogens with zero attached hydrogens (tertiary/aromatic N) is 2. The second-order valence-corrected chi connectivity index (χ2v) is 6.79. The molecule has 5 heteroatoms. The van der Waals surface area contributed by atoms with Gasteiger partial charge in [-0.3, -0.25) is 4.90 Å². The molecule has 3 rings (SSSR count). The van der Waals surface area contributed by atoms with Crippen LogP contribution in [-0.4, -0.2) is 44.5 Å². The standard InChI is InChI=1S/C17H24N2O3/c1-17(2,3)22-16(20)19-7-6-13-12-14(4-5-15(13)19)18-8-10-21-11-9-18/h4-5,12H,6-11H2,1-3H3. The van der Waals surface area contributed by atoms with Gasteiger partial charge in [0.1, 0.15) is 5.60 Å². The number of benzene rings is 1. The molecule has 1 saturated heterocycles. The lowest BCUT2D eigenvalue weighted by Crippen LogP contribution is -2.36. The van der Waals surface area contributed by atoms with Gasteiger partial charge in [-0.2, -0.15) is 0 Å². The average Bonchev–Trinajstić information content (AvgIpc) is 2.89. The zero-order valence-electron chi connectivity index (χ0n) is 13.6. The van der Waals surface area contributed by atoms with E-state index < -0.39 is 5.60 Å². The van der Waals surface area contributed by atoms with Crippen LogP contribution in [0.4, 0.5) is 16.2 Å². The predicted octanol–water partition coefficient (Wildman–Crippen LogP) is 2.82. The van der Waals surface area contributed by atoms with E-state index >= 15 is 0 Å². The van der Waals surface area contributed by atoms with E-state index in [0.717, 1.165) is 38.4 Å². The summed E-state index contributed by atoms with van der Waals surface area (Å²) in [7, 11) is 0. The fourth-order valence-corrected chi connectivity index (χ4v) is 2.91. The van der Waals surface area contributed by atoms with Crippen LogP contribution in [0.25, 0.3) is 0 Å². The van der Waals surface area contributed by atoms with E-state index in [0.29, 0.717) is 6.54 Å². The van der Waals surface area contributed by atoms with Gasteiger partial charge in [0.2, 0.25) is 0 Å². The number of hydrogen-bond donors (Lipinski definition) is 0. The molecule has 1 aromatic carbocycles. The van der Waals surface area contributed by atoms with Crippen molar-refractivity contribution in [2.75, 3.05) is 42.6 Å². The predicted molar refractivity (Wildman–Crippen MR) is 86.8 cm³/mol. The molecular formula is C17H24N2O3. The van der Waals surface area contributed by atoms with E-state index in [2.05, 4.69) is 17.0 Å². The van der Waals surface area contributed by atoms with E-state index in [4.69, 9.17) is 9.47 Å². The fourth-order valence-electron chi connectivity index (χ4n) is 2.91. The summed E-state index contributed by atoms with van der Waals surface area (Å²) >= 11 is 0. The lowest BCUT2D eigenvalue weighted by atomic mass is 10.1. The quantitative estimate of drug-likeness (QED) is 0.800. The van der Waals surface area contributed by atoms with Crippen molar-refractivity contribution in [2.24, 2.45) is 0 Å². The van der Waals surface area contributed by atoms with E-state index in [9.17, 15) is 4.79 Å². The smallest absolute Gasteiger partial charge is 0.414 e. The monoisotopic (exact) mass is 304 g/mol. The van der Waals surface area contributed by atoms with E-state index in [1.54, 1.807) is 4.90 Å². The third-order valence-corrected chi connectivity index (χ3v) is 3.95. The van der Waals surface area contributed by atoms with E-state index in [-0.39, 0.29) is 6.09 Å². The van der Waals surface area contributed by atoms with Crippen LogP contribution >= 0.6 is 0 Å². The first kappa shape index (κ1) is 15.2. The second kappa shape index (κ2) is 5.80. The van der Waals surface area contributed by atoms with Crippen LogP contribution in [0.5, 0.6) is 0 Å². The van der Waals surface area contributed by atoms with Crippen molar-refractivity contribution in [1.82, 2.24) is 0 Å². The molecule has 1 amide bonds. The van der Waals surface area contributed by atoms with Crippen molar-refractivity contribution in [2.45, 2.75) is 32.8 Å². The van der Waals surface area contributed by atoms with E-state index in [1.807, 2.05) is 26.8 Å². The SMILES string of the molecule is CC(C)(C)OC(=O)N1CCc2cc(N3CCOCC3)ccc21. The highest BCUT2D eigenvalue weighted by atomic mass is 16.6. The van der Waals surface area contributed by atoms with Crippen molar-refractivity contribution in [3.8, 4) is 0 Å². The van der Waals surface area contributed by atoms with Gasteiger partial charge in [0.15, 0.2) is 0 Å². The topological polar surface area (TPSA) is 42.0 Å². The molecule has 0 spiro atoms. The molecule has 22 heavy (non-hydrogen) atoms. The minimum atomic E-state index is -0.465. The zero-order chi connectivity index (χ0) is 15.7. The maximum absolute atomic E-state index is 12.3. The van der Waals surface area contributed by atoms with Crippen molar-refractivity contribution >= 4 is 17.5 Å². The first-order valence-corrected chi connectivity index (χ1v) is 7.90. The minimum absolute atomic E-state index is 0.259. The summed E-state index contributed by atoms with van der Waals surface area (Å²) in [4.78, 5) is 16.4. The highest BCUT2D eigenvalue weighted by molar-refractivity contribution is 5.91. The largest absolute Gasteiger partial charge is 0.443 e. The lowest BCUT2D eigenvalue weighted by molar-refractivity contribution is 0.0584. The first-order valence-electron chi connectivity index (χ1n) is 7.90. The summed E-state index contributed by atoms with van der Waals surface area (Å²) < 4.78 is 10.9. The number of ether oxygens (including phenoxy) is 2. The molecule has 1 fully saturated rings. The maximum atomic E-state index is 12.3. The Balaban J connectivity index is 1.76. The van der Waals surface area contributed by atoms with Crippen molar-refractivity contribution < 1.29 is 14.3 Å². The third-order valence-electron chi connectivity index (χ3n) is 3.95. The molecule has 5 nitrogen and oxygen atoms in total. The van der Waals surface area contributed by atoms with Crippen LogP contribution in [0.3, 0.4) is 0 Å². The summed E-state index contributed by atoms with van der Waals surface area (Å²) in [5.41, 5.74) is 2.95. The molecule has 1 aromatic rings. The number of carbonyl (C=O) groups is 1. The highest BCUT2D eigenvalue weighted by Crippen LogP contribution is 2.33. The Morgan fingerprint density at radius 3 is 2.59 bits per heavy atom. The van der Waals surface area contributed by atoms with Gasteiger partial charge >= 0.3 is 6.09 Å². The first-order chi connectivity index (χ1) is 10.4. The van der Waals surface area contributed by atoms with Crippen molar-refractivity contribution in [3.63, 3.8) is 0 Å². The highest BCUT2D eigenvalue weighted by Gasteiger charge is 2.29. The number of fused-ring (bicyclic) bond motifs is 1. The Morgan fingerprint density at radius 2 is 1.91 bits per heavy atom. The van der Waals surface area contributed by atoms with Crippen LogP contribution in [0.2, 0.25) is 0 Å². The summed E-state index contributed by atoms with van der Waals surface area (Å²) in [6.45, 7) is 9.78. The van der Waals surface area contributed by atoms with Gasteiger partial charge in [0, 0.05) is 25.3 Å². The van der Waals surface area contributed by atoms with Crippen LogP contribution < -0.4 is 9.80 Å². The molecule has 0 unspecified atom stereocenters. The van der Waals surface area contributed by atoms with Crippen LogP contribution in [0.1, 0.15) is 26.3 Å². The molecule has 0 aromatic heterocycles. The normalized spacial score (nSPS) is 18.3. The maximum Gasteiger partial charge on any atom is 0.414 e. The fraction of sp³-hybridized carbons (Fsp3) is 0.588. The Kier molecular flexibility index (Phi) is 4.00. The molecule has 120 valence electrons. The molecular weight excluding hydrogens is 280 g/mol. The zero-order valence-corrected chi connectivity index (χ0v) is 13.6. The van der Waals surface area contributed by atoms with Gasteiger partial charge < -0.3 is 14.4 Å². The summed E-state index contributed by atoms with van der Waals surface area (Å²) in [5.74, 6) is 0. The molecule has 0 atom stereocenters. The van der Waals surface area contributed by atoms with E-state index in [1.165, 1.54) is 11.3 Å². The Morgan fingerprint density at radius 1 is 1.18 bits per heavy atom. The van der Waals surface area contributed by atoms with Crippen molar-refractivity contribution in [1.29, 1.82) is 0 Å². The Hall–Kier alpha value is -1.75. The van der Waals surface area contributed by atoms with Crippen LogP contribution in [0.15, 0.2) is 18.2 Å². The second-order valence-electron chi connectivity index (χ2n) is 6.79. The Bertz CT molecular complexity index is 560. The van der Waals surface area contributed by atoms with Gasteiger partial charge in [-0.05, 0) is 51.0 Å². The van der Waals surface area contributed by atoms with Gasteiger partial charge in [-0.15, -0.1) is 0 Å². The average molecular weight is 304 g/mol. The summed E-state index contributed by atoms with van der Waals surface area (Å²) in [6.07, 6.45) is 0.623. The lowest BCUT2D eigenvalue weighted by Gasteiger charge is -2.29. The molecule has 0 saturated carbocycles. The van der Waals surface area contributed by atoms with Gasteiger partial charge in [-0.1, -0.05) is 0 Å². The van der Waals surface area contributed by atoms with Gasteiger partial charge in [0.05, 0.1) is 18.9 Å². The number of hydrogen-bond acceptors (Lipinski definition) is 4. The number of rotatable bonds is 1. The molecule has 2 aliphatic heterocycles. The molecule has 0 bridgehead atoms. The molecule has 0 N–H and O–H groups in total. The minimum Gasteiger partial charge on any atom is -0.443 e. The molecule has 2 aliphatic rings. The number of anilines is 2. The molecule has 0 aliphatic carbocycles. The van der Waals surface area contributed by atoms with Crippen LogP contribution in [-0.2, 0) is 15.9 Å². The molecule has 0 radical (unpaired) electrons. The third kappa shape index (κ3) is 3.19. The van der Waals surface area contributed by atoms with Crippen molar-refractivity contribution in [3.05, 3.63) is 23.8 Å². The number of carbonyl (C=O) groups excluding carboxylic acids is 1. The number of morpholine rings is 1. The Labute approximate surface area is 131 Å². The van der Waals surface area contributed by atoms with Gasteiger partial charge in [-0.25, -0.2) is 4.79 Å². The summed E-state index contributed by atoms with van der Waals surface area (Å²) in [5, 5.41) is 0.